The number of nitrogens with two attached hydrogens (primary N) is 1. The molecule has 1 aliphatic rings. The summed E-state index contributed by atoms with van der Waals surface area (Å²) < 4.78 is 0. The lowest BCUT2D eigenvalue weighted by Gasteiger charge is -2.18. The van der Waals surface area contributed by atoms with Gasteiger partial charge >= 0.3 is 0 Å². The van der Waals surface area contributed by atoms with Crippen molar-refractivity contribution in [1.29, 1.82) is 0 Å². The van der Waals surface area contributed by atoms with Gasteiger partial charge in [-0.15, -0.1) is 0 Å². The number of fused-ring (bicyclic) bond motifs is 1. The van der Waals surface area contributed by atoms with E-state index in [1.807, 2.05) is 36.4 Å². The molecule has 160 valence electrons. The largest absolute Gasteiger partial charge is 0.366 e. The maximum Gasteiger partial charge on any atom is 0.250 e. The molecule has 5 rings (SSSR count). The van der Waals surface area contributed by atoms with Gasteiger partial charge in [-0.2, -0.15) is 0 Å². The fourth-order valence-corrected chi connectivity index (χ4v) is 4.17. The minimum absolute atomic E-state index is 0.412. The summed E-state index contributed by atoms with van der Waals surface area (Å²) in [5.41, 5.74) is 9.50. The number of carbonyl (C=O) groups is 1. The van der Waals surface area contributed by atoms with E-state index in [4.69, 9.17) is 15.7 Å². The maximum atomic E-state index is 11.9. The van der Waals surface area contributed by atoms with E-state index in [0.29, 0.717) is 22.9 Å². The number of para-hydroxylation sites is 2. The molecule has 4 aromatic rings. The molecule has 1 aliphatic heterocycles. The third kappa shape index (κ3) is 4.02. The van der Waals surface area contributed by atoms with Crippen molar-refractivity contribution in [2.45, 2.75) is 19.4 Å². The van der Waals surface area contributed by atoms with Crippen molar-refractivity contribution < 1.29 is 4.79 Å². The van der Waals surface area contributed by atoms with Gasteiger partial charge in [-0.3, -0.25) is 14.7 Å². The van der Waals surface area contributed by atoms with Gasteiger partial charge in [-0.25, -0.2) is 9.97 Å². The van der Waals surface area contributed by atoms with Crippen molar-refractivity contribution in [3.05, 3.63) is 78.1 Å². The minimum Gasteiger partial charge on any atom is -0.366 e. The summed E-state index contributed by atoms with van der Waals surface area (Å²) in [7, 11) is 0. The lowest BCUT2D eigenvalue weighted by atomic mass is 10.1. The highest BCUT2D eigenvalue weighted by Crippen LogP contribution is 2.31. The molecule has 1 amide bonds. The molecule has 7 heteroatoms. The van der Waals surface area contributed by atoms with Crippen LogP contribution in [0.3, 0.4) is 0 Å². The molecule has 2 aromatic carbocycles. The summed E-state index contributed by atoms with van der Waals surface area (Å²) in [6, 6.07) is 17.2. The van der Waals surface area contributed by atoms with E-state index in [1.54, 1.807) is 24.5 Å². The Labute approximate surface area is 186 Å². The molecule has 0 radical (unpaired) electrons. The van der Waals surface area contributed by atoms with E-state index < -0.39 is 5.91 Å². The monoisotopic (exact) mass is 424 g/mol. The molecule has 1 saturated heterocycles. The highest BCUT2D eigenvalue weighted by Gasteiger charge is 2.18. The molecule has 0 unspecified atom stereocenters. The van der Waals surface area contributed by atoms with Gasteiger partial charge in [0.25, 0.3) is 5.91 Å². The van der Waals surface area contributed by atoms with Crippen LogP contribution < -0.4 is 11.1 Å². The standard InChI is InChI=1S/C25H24N6O/c26-23(32)19-9-1-2-11-21(19)28-25-20-10-5-7-18(16-31-13-3-4-14-31)22(20)29-24(30-25)17-8-6-12-27-15-17/h1-2,5-12,15H,3-4,13-14,16H2,(H2,26,32)(H,28,29,30). The van der Waals surface area contributed by atoms with Crippen LogP contribution in [0.1, 0.15) is 28.8 Å². The Morgan fingerprint density at radius 1 is 1.00 bits per heavy atom. The second-order valence-corrected chi connectivity index (χ2v) is 7.97. The number of hydrogen-bond donors (Lipinski definition) is 2. The number of likely N-dealkylation sites (tertiary alicyclic amines) is 1. The maximum absolute atomic E-state index is 11.9. The average Bonchev–Trinajstić information content (AvgIpc) is 3.33. The second-order valence-electron chi connectivity index (χ2n) is 7.97. The minimum atomic E-state index is -0.492. The zero-order valence-electron chi connectivity index (χ0n) is 17.7. The molecule has 0 atom stereocenters. The van der Waals surface area contributed by atoms with Crippen LogP contribution in [0.5, 0.6) is 0 Å². The lowest BCUT2D eigenvalue weighted by molar-refractivity contribution is 0.100. The molecular formula is C25H24N6O. The number of nitrogens with zero attached hydrogens (tertiary/aromatic N) is 4. The third-order valence-corrected chi connectivity index (χ3v) is 5.77. The number of anilines is 2. The van der Waals surface area contributed by atoms with E-state index in [2.05, 4.69) is 21.3 Å². The molecule has 7 nitrogen and oxygen atoms in total. The number of primary amides is 1. The van der Waals surface area contributed by atoms with Gasteiger partial charge in [0, 0.05) is 29.9 Å². The average molecular weight is 425 g/mol. The van der Waals surface area contributed by atoms with Crippen molar-refractivity contribution in [2.75, 3.05) is 18.4 Å². The Bertz CT molecular complexity index is 1270. The first-order chi connectivity index (χ1) is 15.7. The van der Waals surface area contributed by atoms with Gasteiger partial charge < -0.3 is 11.1 Å². The number of rotatable bonds is 6. The topological polar surface area (TPSA) is 97.0 Å². The molecule has 0 aliphatic carbocycles. The van der Waals surface area contributed by atoms with Crippen molar-refractivity contribution in [3.8, 4) is 11.4 Å². The molecular weight excluding hydrogens is 400 g/mol. The molecule has 3 heterocycles. The summed E-state index contributed by atoms with van der Waals surface area (Å²) in [5, 5.41) is 4.24. The number of hydrogen-bond acceptors (Lipinski definition) is 6. The van der Waals surface area contributed by atoms with Crippen LogP contribution in [0, 0.1) is 0 Å². The summed E-state index contributed by atoms with van der Waals surface area (Å²) in [4.78, 5) is 28.4. The van der Waals surface area contributed by atoms with Crippen LogP contribution in [0.2, 0.25) is 0 Å². The first kappa shape index (κ1) is 20.1. The first-order valence-corrected chi connectivity index (χ1v) is 10.8. The molecule has 1 fully saturated rings. The van der Waals surface area contributed by atoms with Crippen molar-refractivity contribution in [1.82, 2.24) is 19.9 Å². The number of pyridine rings is 1. The van der Waals surface area contributed by atoms with Gasteiger partial charge in [0.2, 0.25) is 0 Å². The van der Waals surface area contributed by atoms with Gasteiger partial charge in [0.15, 0.2) is 5.82 Å². The Morgan fingerprint density at radius 2 is 1.84 bits per heavy atom. The molecule has 32 heavy (non-hydrogen) atoms. The van der Waals surface area contributed by atoms with Crippen LogP contribution in [-0.2, 0) is 6.54 Å². The van der Waals surface area contributed by atoms with Crippen molar-refractivity contribution in [2.24, 2.45) is 5.73 Å². The zero-order chi connectivity index (χ0) is 21.9. The Kier molecular flexibility index (Phi) is 5.47. The summed E-state index contributed by atoms with van der Waals surface area (Å²) in [5.74, 6) is 0.720. The molecule has 2 aromatic heterocycles. The molecule has 0 bridgehead atoms. The van der Waals surface area contributed by atoms with Gasteiger partial charge in [0.1, 0.15) is 5.82 Å². The number of benzene rings is 2. The number of aromatic nitrogens is 3. The van der Waals surface area contributed by atoms with E-state index in [0.717, 1.165) is 41.7 Å². The zero-order valence-corrected chi connectivity index (χ0v) is 17.7. The van der Waals surface area contributed by atoms with Crippen molar-refractivity contribution in [3.63, 3.8) is 0 Å². The van der Waals surface area contributed by atoms with Crippen LogP contribution >= 0.6 is 0 Å². The fourth-order valence-electron chi connectivity index (χ4n) is 4.17. The van der Waals surface area contributed by atoms with E-state index in [1.165, 1.54) is 12.8 Å². The number of carbonyl (C=O) groups excluding carboxylic acids is 1. The fraction of sp³-hybridized carbons (Fsp3) is 0.200. The molecule has 3 N–H and O–H groups in total. The van der Waals surface area contributed by atoms with Gasteiger partial charge in [-0.05, 0) is 61.8 Å². The van der Waals surface area contributed by atoms with E-state index >= 15 is 0 Å². The van der Waals surface area contributed by atoms with Crippen LogP contribution in [0.4, 0.5) is 11.5 Å². The van der Waals surface area contributed by atoms with Crippen LogP contribution in [-0.4, -0.2) is 38.8 Å². The summed E-state index contributed by atoms with van der Waals surface area (Å²) in [6.07, 6.45) is 5.95. The van der Waals surface area contributed by atoms with E-state index in [-0.39, 0.29) is 0 Å². The number of nitrogens with one attached hydrogen (secondary N) is 1. The van der Waals surface area contributed by atoms with Crippen molar-refractivity contribution >= 4 is 28.3 Å². The normalized spacial score (nSPS) is 14.0. The smallest absolute Gasteiger partial charge is 0.250 e. The molecule has 0 saturated carbocycles. The SMILES string of the molecule is NC(=O)c1ccccc1Nc1nc(-c2cccnc2)nc2c(CN3CCCC3)cccc12. The van der Waals surface area contributed by atoms with Gasteiger partial charge in [0.05, 0.1) is 16.8 Å². The highest BCUT2D eigenvalue weighted by molar-refractivity contribution is 6.01. The predicted molar refractivity (Wildman–Crippen MR) is 126 cm³/mol. The highest BCUT2D eigenvalue weighted by atomic mass is 16.1. The Hall–Kier alpha value is -3.84. The predicted octanol–water partition coefficient (Wildman–Crippen LogP) is 4.13. The quantitative estimate of drug-likeness (QED) is 0.483. The van der Waals surface area contributed by atoms with Gasteiger partial charge in [-0.1, -0.05) is 24.3 Å². The summed E-state index contributed by atoms with van der Waals surface area (Å²) in [6.45, 7) is 3.06. The van der Waals surface area contributed by atoms with E-state index in [9.17, 15) is 4.79 Å². The summed E-state index contributed by atoms with van der Waals surface area (Å²) >= 11 is 0. The Morgan fingerprint density at radius 3 is 2.62 bits per heavy atom. The first-order valence-electron chi connectivity index (χ1n) is 10.8. The Balaban J connectivity index is 1.66. The molecule has 0 spiro atoms. The van der Waals surface area contributed by atoms with Crippen LogP contribution in [0.25, 0.3) is 22.3 Å². The van der Waals surface area contributed by atoms with Crippen LogP contribution in [0.15, 0.2) is 67.0 Å². The lowest BCUT2D eigenvalue weighted by Crippen LogP contribution is -2.18. The third-order valence-electron chi connectivity index (χ3n) is 5.77. The number of amides is 1. The second kappa shape index (κ2) is 8.72.